The number of nitrogens with zero attached hydrogens (tertiary/aromatic N) is 1. The number of thioether (sulfide) groups is 1. The van der Waals surface area contributed by atoms with E-state index in [1.807, 2.05) is 30.0 Å². The Morgan fingerprint density at radius 3 is 2.50 bits per heavy atom. The van der Waals surface area contributed by atoms with Crippen molar-refractivity contribution in [3.8, 4) is 11.5 Å². The Bertz CT molecular complexity index is 456. The molecule has 110 valence electrons. The first-order chi connectivity index (χ1) is 9.69. The van der Waals surface area contributed by atoms with Gasteiger partial charge in [-0.05, 0) is 24.1 Å². The highest BCUT2D eigenvalue weighted by Crippen LogP contribution is 2.40. The van der Waals surface area contributed by atoms with Gasteiger partial charge in [0.15, 0.2) is 0 Å². The van der Waals surface area contributed by atoms with E-state index < -0.39 is 0 Å². The average molecular weight is 295 g/mol. The summed E-state index contributed by atoms with van der Waals surface area (Å²) in [5.74, 6) is 2.72. The van der Waals surface area contributed by atoms with Crippen LogP contribution in [-0.2, 0) is 4.79 Å². The highest BCUT2D eigenvalue weighted by atomic mass is 32.2. The fraction of sp³-hybridized carbons (Fsp3) is 0.533. The third-order valence-corrected chi connectivity index (χ3v) is 4.59. The van der Waals surface area contributed by atoms with E-state index in [1.165, 1.54) is 0 Å². The molecule has 1 atom stereocenters. The summed E-state index contributed by atoms with van der Waals surface area (Å²) in [4.78, 5) is 14.1. The molecule has 0 N–H and O–H groups in total. The molecule has 1 aromatic carbocycles. The molecule has 0 spiro atoms. The zero-order chi connectivity index (χ0) is 14.5. The van der Waals surface area contributed by atoms with Gasteiger partial charge in [-0.25, -0.2) is 0 Å². The predicted octanol–water partition coefficient (Wildman–Crippen LogP) is 3.08. The summed E-state index contributed by atoms with van der Waals surface area (Å²) in [7, 11) is 3.28. The molecule has 1 saturated heterocycles. The Labute approximate surface area is 124 Å². The lowest BCUT2D eigenvalue weighted by Crippen LogP contribution is -2.30. The number of hydrogen-bond donors (Lipinski definition) is 0. The molecule has 1 aliphatic heterocycles. The van der Waals surface area contributed by atoms with E-state index in [0.29, 0.717) is 6.42 Å². The number of hydrogen-bond acceptors (Lipinski definition) is 4. The van der Waals surface area contributed by atoms with Gasteiger partial charge in [-0.3, -0.25) is 4.79 Å². The lowest BCUT2D eigenvalue weighted by Gasteiger charge is -2.24. The summed E-state index contributed by atoms with van der Waals surface area (Å²) in [5.41, 5.74) is 1.06. The van der Waals surface area contributed by atoms with Crippen molar-refractivity contribution in [1.82, 2.24) is 4.90 Å². The molecule has 0 aromatic heterocycles. The van der Waals surface area contributed by atoms with Crippen LogP contribution < -0.4 is 9.47 Å². The standard InChI is InChI=1S/C15H21NO3S/c1-4-5-14(17)16-6-7-20-15(16)11-8-12(18-2)10-13(9-11)19-3/h8-10,15H,4-7H2,1-3H3. The SMILES string of the molecule is CCCC(=O)N1CCSC1c1cc(OC)cc(OC)c1. The third-order valence-electron chi connectivity index (χ3n) is 3.33. The minimum Gasteiger partial charge on any atom is -0.497 e. The van der Waals surface area contributed by atoms with E-state index in [2.05, 4.69) is 0 Å². The zero-order valence-corrected chi connectivity index (χ0v) is 13.0. The maximum absolute atomic E-state index is 12.2. The normalized spacial score (nSPS) is 18.1. The van der Waals surface area contributed by atoms with E-state index >= 15 is 0 Å². The monoisotopic (exact) mass is 295 g/mol. The van der Waals surface area contributed by atoms with Gasteiger partial charge in [0, 0.05) is 24.8 Å². The van der Waals surface area contributed by atoms with Gasteiger partial charge in [-0.15, -0.1) is 11.8 Å². The summed E-state index contributed by atoms with van der Waals surface area (Å²) in [6, 6.07) is 5.82. The first-order valence-electron chi connectivity index (χ1n) is 6.83. The fourth-order valence-electron chi connectivity index (χ4n) is 2.33. The van der Waals surface area contributed by atoms with Crippen LogP contribution in [0.2, 0.25) is 0 Å². The highest BCUT2D eigenvalue weighted by Gasteiger charge is 2.30. The second-order valence-electron chi connectivity index (χ2n) is 4.71. The largest absolute Gasteiger partial charge is 0.497 e. The Morgan fingerprint density at radius 1 is 1.30 bits per heavy atom. The Kier molecular flexibility index (Phi) is 5.17. The summed E-state index contributed by atoms with van der Waals surface area (Å²) in [6.45, 7) is 2.85. The molecule has 0 bridgehead atoms. The summed E-state index contributed by atoms with van der Waals surface area (Å²) >= 11 is 1.79. The van der Waals surface area contributed by atoms with Crippen molar-refractivity contribution in [2.45, 2.75) is 25.1 Å². The van der Waals surface area contributed by atoms with E-state index in [9.17, 15) is 4.79 Å². The Morgan fingerprint density at radius 2 is 1.95 bits per heavy atom. The van der Waals surface area contributed by atoms with Crippen LogP contribution in [0.5, 0.6) is 11.5 Å². The maximum Gasteiger partial charge on any atom is 0.223 e. The summed E-state index contributed by atoms with van der Waals surface area (Å²) < 4.78 is 10.6. The fourth-order valence-corrected chi connectivity index (χ4v) is 3.59. The number of carbonyl (C=O) groups excluding carboxylic acids is 1. The van der Waals surface area contributed by atoms with Crippen LogP contribution in [0.3, 0.4) is 0 Å². The van der Waals surface area contributed by atoms with Crippen molar-refractivity contribution in [2.24, 2.45) is 0 Å². The molecule has 1 heterocycles. The van der Waals surface area contributed by atoms with Crippen LogP contribution in [0.4, 0.5) is 0 Å². The van der Waals surface area contributed by atoms with Gasteiger partial charge < -0.3 is 14.4 Å². The first-order valence-corrected chi connectivity index (χ1v) is 7.88. The first kappa shape index (κ1) is 15.0. The summed E-state index contributed by atoms with van der Waals surface area (Å²) in [6.07, 6.45) is 1.49. The van der Waals surface area contributed by atoms with Gasteiger partial charge in [0.25, 0.3) is 0 Å². The van der Waals surface area contributed by atoms with Crippen LogP contribution in [0.15, 0.2) is 18.2 Å². The molecule has 20 heavy (non-hydrogen) atoms. The van der Waals surface area contributed by atoms with Crippen LogP contribution in [0, 0.1) is 0 Å². The molecular formula is C15H21NO3S. The van der Waals surface area contributed by atoms with Crippen LogP contribution in [-0.4, -0.2) is 37.3 Å². The predicted molar refractivity (Wildman–Crippen MR) is 81.4 cm³/mol. The van der Waals surface area contributed by atoms with Crippen molar-refractivity contribution < 1.29 is 14.3 Å². The van der Waals surface area contributed by atoms with Crippen LogP contribution >= 0.6 is 11.8 Å². The van der Waals surface area contributed by atoms with Crippen molar-refractivity contribution in [2.75, 3.05) is 26.5 Å². The Balaban J connectivity index is 2.27. The smallest absolute Gasteiger partial charge is 0.223 e. The molecule has 5 heteroatoms. The molecule has 1 amide bonds. The van der Waals surface area contributed by atoms with Crippen molar-refractivity contribution in [3.05, 3.63) is 23.8 Å². The molecular weight excluding hydrogens is 274 g/mol. The van der Waals surface area contributed by atoms with Gasteiger partial charge >= 0.3 is 0 Å². The summed E-state index contributed by atoms with van der Waals surface area (Å²) in [5, 5.41) is 0.0676. The minimum absolute atomic E-state index is 0.0676. The van der Waals surface area contributed by atoms with Crippen molar-refractivity contribution in [1.29, 1.82) is 0 Å². The van der Waals surface area contributed by atoms with Gasteiger partial charge in [0.2, 0.25) is 5.91 Å². The van der Waals surface area contributed by atoms with Gasteiger partial charge in [-0.2, -0.15) is 0 Å². The molecule has 0 radical (unpaired) electrons. The molecule has 1 fully saturated rings. The number of benzene rings is 1. The topological polar surface area (TPSA) is 38.8 Å². The molecule has 0 saturated carbocycles. The molecule has 2 rings (SSSR count). The molecule has 1 aromatic rings. The second-order valence-corrected chi connectivity index (χ2v) is 5.89. The number of methoxy groups -OCH3 is 2. The number of ether oxygens (including phenoxy) is 2. The van der Waals surface area contributed by atoms with Gasteiger partial charge in [-0.1, -0.05) is 6.92 Å². The lowest BCUT2D eigenvalue weighted by atomic mass is 10.1. The van der Waals surface area contributed by atoms with E-state index in [4.69, 9.17) is 9.47 Å². The molecule has 1 aliphatic rings. The second kappa shape index (κ2) is 6.88. The van der Waals surface area contributed by atoms with E-state index in [1.54, 1.807) is 26.0 Å². The number of amides is 1. The van der Waals surface area contributed by atoms with Crippen LogP contribution in [0.25, 0.3) is 0 Å². The average Bonchev–Trinajstić information content (AvgIpc) is 2.96. The van der Waals surface area contributed by atoms with Crippen molar-refractivity contribution >= 4 is 17.7 Å². The quantitative estimate of drug-likeness (QED) is 0.837. The minimum atomic E-state index is 0.0676. The zero-order valence-electron chi connectivity index (χ0n) is 12.2. The maximum atomic E-state index is 12.2. The highest BCUT2D eigenvalue weighted by molar-refractivity contribution is 7.99. The van der Waals surface area contributed by atoms with Gasteiger partial charge in [0.1, 0.15) is 16.9 Å². The van der Waals surface area contributed by atoms with E-state index in [0.717, 1.165) is 35.8 Å². The molecule has 0 aliphatic carbocycles. The number of carbonyl (C=O) groups is 1. The van der Waals surface area contributed by atoms with Crippen LogP contribution in [0.1, 0.15) is 30.7 Å². The van der Waals surface area contributed by atoms with Gasteiger partial charge in [0.05, 0.1) is 14.2 Å². The van der Waals surface area contributed by atoms with Crippen molar-refractivity contribution in [3.63, 3.8) is 0 Å². The number of rotatable bonds is 5. The van der Waals surface area contributed by atoms with E-state index in [-0.39, 0.29) is 11.3 Å². The third kappa shape index (κ3) is 3.20. The molecule has 1 unspecified atom stereocenters. The Hall–Kier alpha value is -1.36. The molecule has 4 nitrogen and oxygen atoms in total. The lowest BCUT2D eigenvalue weighted by molar-refractivity contribution is -0.131.